The number of carboxylic acid groups (broad SMARTS) is 1. The molecule has 3 amide bonds. The number of hydrogen-bond acceptors (Lipinski definition) is 4. The first-order valence-electron chi connectivity index (χ1n) is 5.78. The number of carbonyl (C=O) groups excluding carboxylic acids is 2. The van der Waals surface area contributed by atoms with Gasteiger partial charge in [-0.05, 0) is 12.1 Å². The zero-order valence-corrected chi connectivity index (χ0v) is 10.9. The van der Waals surface area contributed by atoms with E-state index in [2.05, 4.69) is 11.9 Å². The van der Waals surface area contributed by atoms with Gasteiger partial charge in [0.1, 0.15) is 11.6 Å². The van der Waals surface area contributed by atoms with Crippen LogP contribution in [-0.4, -0.2) is 36.2 Å². The van der Waals surface area contributed by atoms with Crippen LogP contribution in [0.3, 0.4) is 0 Å². The quantitative estimate of drug-likeness (QED) is 0.677. The molecule has 0 radical (unpaired) electrons. The fourth-order valence-electron chi connectivity index (χ4n) is 1.28. The molecule has 1 aromatic rings. The minimum Gasteiger partial charge on any atom is -0.484 e. The Bertz CT molecular complexity index is 574. The molecule has 21 heavy (non-hydrogen) atoms. The molecule has 0 bridgehead atoms. The SMILES string of the molecule is C=CCNC(=O)NC(=O)COc1ccc(C(=O)O)c(F)c1. The van der Waals surface area contributed by atoms with Crippen molar-refractivity contribution in [3.63, 3.8) is 0 Å². The summed E-state index contributed by atoms with van der Waals surface area (Å²) in [4.78, 5) is 33.1. The minimum atomic E-state index is -1.41. The maximum atomic E-state index is 13.3. The number of hydrogen-bond donors (Lipinski definition) is 3. The van der Waals surface area contributed by atoms with Crippen molar-refractivity contribution in [3.05, 3.63) is 42.2 Å². The van der Waals surface area contributed by atoms with Crippen LogP contribution in [0.5, 0.6) is 5.75 Å². The van der Waals surface area contributed by atoms with Gasteiger partial charge >= 0.3 is 12.0 Å². The van der Waals surface area contributed by atoms with Crippen molar-refractivity contribution in [1.82, 2.24) is 10.6 Å². The highest BCUT2D eigenvalue weighted by Gasteiger charge is 2.12. The Balaban J connectivity index is 2.50. The van der Waals surface area contributed by atoms with E-state index in [1.165, 1.54) is 12.1 Å². The van der Waals surface area contributed by atoms with Crippen LogP contribution < -0.4 is 15.4 Å². The fraction of sp³-hybridized carbons (Fsp3) is 0.154. The van der Waals surface area contributed by atoms with E-state index in [9.17, 15) is 18.8 Å². The summed E-state index contributed by atoms with van der Waals surface area (Å²) in [5.41, 5.74) is -0.504. The number of benzene rings is 1. The lowest BCUT2D eigenvalue weighted by Crippen LogP contribution is -2.41. The predicted molar refractivity (Wildman–Crippen MR) is 70.6 cm³/mol. The number of amides is 3. The topological polar surface area (TPSA) is 105 Å². The zero-order valence-electron chi connectivity index (χ0n) is 10.9. The summed E-state index contributed by atoms with van der Waals surface area (Å²) in [6.45, 7) is 3.06. The average molecular weight is 296 g/mol. The first-order chi connectivity index (χ1) is 9.93. The predicted octanol–water partition coefficient (Wildman–Crippen LogP) is 0.914. The Morgan fingerprint density at radius 2 is 2.10 bits per heavy atom. The third-order valence-corrected chi connectivity index (χ3v) is 2.20. The molecule has 1 aromatic carbocycles. The lowest BCUT2D eigenvalue weighted by molar-refractivity contribution is -0.122. The van der Waals surface area contributed by atoms with Crippen molar-refractivity contribution in [2.24, 2.45) is 0 Å². The Kier molecular flexibility index (Phi) is 5.87. The van der Waals surface area contributed by atoms with E-state index in [1.807, 2.05) is 5.32 Å². The van der Waals surface area contributed by atoms with Gasteiger partial charge < -0.3 is 15.2 Å². The summed E-state index contributed by atoms with van der Waals surface area (Å²) in [5.74, 6) is -3.15. The molecule has 0 saturated carbocycles. The highest BCUT2D eigenvalue weighted by Crippen LogP contribution is 2.16. The molecule has 0 aliphatic rings. The summed E-state index contributed by atoms with van der Waals surface area (Å²) >= 11 is 0. The highest BCUT2D eigenvalue weighted by atomic mass is 19.1. The van der Waals surface area contributed by atoms with Crippen molar-refractivity contribution in [2.45, 2.75) is 0 Å². The van der Waals surface area contributed by atoms with Crippen molar-refractivity contribution >= 4 is 17.9 Å². The number of ether oxygens (including phenoxy) is 1. The smallest absolute Gasteiger partial charge is 0.338 e. The van der Waals surface area contributed by atoms with Crippen LogP contribution in [0.4, 0.5) is 9.18 Å². The molecule has 0 spiro atoms. The standard InChI is InChI=1S/C13H13FN2O5/c1-2-5-15-13(20)16-11(17)7-21-8-3-4-9(12(18)19)10(14)6-8/h2-4,6H,1,5,7H2,(H,18,19)(H2,15,16,17,20). The number of aromatic carboxylic acids is 1. The van der Waals surface area contributed by atoms with Gasteiger partial charge in [0.25, 0.3) is 5.91 Å². The first kappa shape index (κ1) is 16.2. The van der Waals surface area contributed by atoms with Crippen molar-refractivity contribution in [2.75, 3.05) is 13.2 Å². The molecule has 1 rings (SSSR count). The maximum absolute atomic E-state index is 13.3. The van der Waals surface area contributed by atoms with Gasteiger partial charge in [-0.3, -0.25) is 10.1 Å². The normalized spacial score (nSPS) is 9.57. The molecule has 0 unspecified atom stereocenters. The van der Waals surface area contributed by atoms with Gasteiger partial charge in [-0.15, -0.1) is 6.58 Å². The van der Waals surface area contributed by atoms with E-state index in [-0.39, 0.29) is 12.3 Å². The van der Waals surface area contributed by atoms with Gasteiger partial charge in [-0.2, -0.15) is 0 Å². The number of halogens is 1. The molecule has 0 atom stereocenters. The molecule has 0 saturated heterocycles. The second-order valence-corrected chi connectivity index (χ2v) is 3.78. The molecule has 0 fully saturated rings. The summed E-state index contributed by atoms with van der Waals surface area (Å²) in [6, 6.07) is 2.35. The summed E-state index contributed by atoms with van der Waals surface area (Å²) in [5, 5.41) is 12.9. The second-order valence-electron chi connectivity index (χ2n) is 3.78. The molecule has 0 aliphatic heterocycles. The lowest BCUT2D eigenvalue weighted by atomic mass is 10.2. The van der Waals surface area contributed by atoms with E-state index < -0.39 is 35.9 Å². The third kappa shape index (κ3) is 5.31. The van der Waals surface area contributed by atoms with E-state index in [4.69, 9.17) is 9.84 Å². The van der Waals surface area contributed by atoms with Crippen LogP contribution in [0.1, 0.15) is 10.4 Å². The molecular weight excluding hydrogens is 283 g/mol. The van der Waals surface area contributed by atoms with Crippen LogP contribution in [0, 0.1) is 5.82 Å². The summed E-state index contributed by atoms with van der Waals surface area (Å²) < 4.78 is 18.3. The molecule has 0 heterocycles. The molecule has 0 aliphatic carbocycles. The van der Waals surface area contributed by atoms with Gasteiger partial charge in [0.05, 0.1) is 5.56 Å². The molecular formula is C13H13FN2O5. The number of nitrogens with one attached hydrogen (secondary N) is 2. The molecule has 8 heteroatoms. The van der Waals surface area contributed by atoms with Crippen LogP contribution in [0.25, 0.3) is 0 Å². The van der Waals surface area contributed by atoms with E-state index >= 15 is 0 Å². The third-order valence-electron chi connectivity index (χ3n) is 2.20. The maximum Gasteiger partial charge on any atom is 0.338 e. The van der Waals surface area contributed by atoms with Gasteiger partial charge in [0.15, 0.2) is 6.61 Å². The van der Waals surface area contributed by atoms with E-state index in [0.717, 1.165) is 12.1 Å². The number of rotatable bonds is 6. The number of carboxylic acids is 1. The summed E-state index contributed by atoms with van der Waals surface area (Å²) in [7, 11) is 0. The van der Waals surface area contributed by atoms with Gasteiger partial charge in [-0.1, -0.05) is 6.08 Å². The van der Waals surface area contributed by atoms with Crippen LogP contribution in [0.15, 0.2) is 30.9 Å². The molecule has 0 aromatic heterocycles. The molecule has 3 N–H and O–H groups in total. The second kappa shape index (κ2) is 7.63. The van der Waals surface area contributed by atoms with E-state index in [0.29, 0.717) is 0 Å². The van der Waals surface area contributed by atoms with Crippen LogP contribution in [-0.2, 0) is 4.79 Å². The first-order valence-corrected chi connectivity index (χ1v) is 5.78. The van der Waals surface area contributed by atoms with Crippen molar-refractivity contribution < 1.29 is 28.6 Å². The Hall–Kier alpha value is -2.90. The van der Waals surface area contributed by atoms with Gasteiger partial charge in [-0.25, -0.2) is 14.0 Å². The van der Waals surface area contributed by atoms with Crippen LogP contribution >= 0.6 is 0 Å². The number of imide groups is 1. The summed E-state index contributed by atoms with van der Waals surface area (Å²) in [6.07, 6.45) is 1.44. The lowest BCUT2D eigenvalue weighted by Gasteiger charge is -2.08. The van der Waals surface area contributed by atoms with Crippen molar-refractivity contribution in [3.8, 4) is 5.75 Å². The number of urea groups is 1. The van der Waals surface area contributed by atoms with Crippen LogP contribution in [0.2, 0.25) is 0 Å². The zero-order chi connectivity index (χ0) is 15.8. The van der Waals surface area contributed by atoms with Crippen molar-refractivity contribution in [1.29, 1.82) is 0 Å². The van der Waals surface area contributed by atoms with E-state index in [1.54, 1.807) is 0 Å². The molecule has 7 nitrogen and oxygen atoms in total. The Labute approximate surface area is 119 Å². The molecule has 112 valence electrons. The largest absolute Gasteiger partial charge is 0.484 e. The fourth-order valence-corrected chi connectivity index (χ4v) is 1.28. The average Bonchev–Trinajstić information content (AvgIpc) is 2.42. The van der Waals surface area contributed by atoms with Gasteiger partial charge in [0.2, 0.25) is 0 Å². The Morgan fingerprint density at radius 3 is 2.67 bits per heavy atom. The Morgan fingerprint density at radius 1 is 1.38 bits per heavy atom. The highest BCUT2D eigenvalue weighted by molar-refractivity contribution is 5.95. The van der Waals surface area contributed by atoms with Gasteiger partial charge in [0, 0.05) is 12.6 Å². The minimum absolute atomic E-state index is 0.0286. The number of carbonyl (C=O) groups is 3. The monoisotopic (exact) mass is 296 g/mol.